The molecule has 2 aromatic rings. The van der Waals surface area contributed by atoms with Crippen LogP contribution < -0.4 is 4.72 Å². The molecule has 134 valence electrons. The van der Waals surface area contributed by atoms with Crippen LogP contribution in [0.2, 0.25) is 0 Å². The van der Waals surface area contributed by atoms with Crippen molar-refractivity contribution in [1.29, 1.82) is 0 Å². The van der Waals surface area contributed by atoms with E-state index in [4.69, 9.17) is 0 Å². The largest absolute Gasteiger partial charge is 0.299 e. The van der Waals surface area contributed by atoms with E-state index in [1.807, 2.05) is 6.92 Å². The zero-order chi connectivity index (χ0) is 17.7. The first-order valence-electron chi connectivity index (χ1n) is 7.10. The molecule has 8 heteroatoms. The van der Waals surface area contributed by atoms with Crippen LogP contribution in [0.1, 0.15) is 25.6 Å². The number of anilines is 1. The monoisotopic (exact) mass is 365 g/mol. The molecule has 6 nitrogen and oxygen atoms in total. The number of nitrogens with zero attached hydrogens (tertiary/aromatic N) is 2. The molecule has 2 rings (SSSR count). The highest BCUT2D eigenvalue weighted by atomic mass is 32.2. The van der Waals surface area contributed by atoms with Gasteiger partial charge in [0.25, 0.3) is 0 Å². The second-order valence-corrected chi connectivity index (χ2v) is 6.73. The fraction of sp³-hybridized carbons (Fsp3) is 0.235. The SMILES string of the molecule is C.CCc1nc(NS(C)(=O)=O)nc(-c2ccc(F)cc2)c1/C=C/C=O. The Labute approximate surface area is 146 Å². The Kier molecular flexibility index (Phi) is 6.93. The van der Waals surface area contributed by atoms with Crippen molar-refractivity contribution in [3.63, 3.8) is 0 Å². The minimum Gasteiger partial charge on any atom is -0.299 e. The van der Waals surface area contributed by atoms with Gasteiger partial charge in [-0.3, -0.25) is 9.52 Å². The van der Waals surface area contributed by atoms with Gasteiger partial charge in [-0.2, -0.15) is 0 Å². The Morgan fingerprint density at radius 2 is 1.84 bits per heavy atom. The zero-order valence-corrected chi connectivity index (χ0v) is 14.0. The Morgan fingerprint density at radius 3 is 2.36 bits per heavy atom. The van der Waals surface area contributed by atoms with E-state index in [1.165, 1.54) is 30.3 Å². The molecule has 0 fully saturated rings. The Morgan fingerprint density at radius 1 is 1.20 bits per heavy atom. The van der Waals surface area contributed by atoms with Crippen molar-refractivity contribution in [3.05, 3.63) is 47.4 Å². The summed E-state index contributed by atoms with van der Waals surface area (Å²) in [6.45, 7) is 1.85. The Hall–Kier alpha value is -2.61. The highest BCUT2D eigenvalue weighted by molar-refractivity contribution is 7.91. The number of benzene rings is 1. The maximum atomic E-state index is 13.2. The molecule has 0 bridgehead atoms. The molecule has 25 heavy (non-hydrogen) atoms. The highest BCUT2D eigenvalue weighted by Crippen LogP contribution is 2.27. The van der Waals surface area contributed by atoms with Crippen molar-refractivity contribution >= 4 is 28.3 Å². The molecule has 0 aliphatic heterocycles. The molecule has 0 saturated carbocycles. The van der Waals surface area contributed by atoms with E-state index in [0.29, 0.717) is 35.2 Å². The fourth-order valence-corrected chi connectivity index (χ4v) is 2.56. The number of rotatable bonds is 6. The van der Waals surface area contributed by atoms with E-state index in [2.05, 4.69) is 14.7 Å². The molecule has 0 atom stereocenters. The average molecular weight is 365 g/mol. The maximum absolute atomic E-state index is 13.2. The van der Waals surface area contributed by atoms with Crippen LogP contribution in [0.15, 0.2) is 30.3 Å². The van der Waals surface area contributed by atoms with E-state index in [0.717, 1.165) is 6.26 Å². The molecule has 1 aromatic heterocycles. The molecular formula is C17H20FN3O3S. The fourth-order valence-electron chi connectivity index (χ4n) is 2.14. The lowest BCUT2D eigenvalue weighted by atomic mass is 10.0. The Balaban J connectivity index is 0.00000312. The first kappa shape index (κ1) is 20.4. The number of halogens is 1. The third-order valence-electron chi connectivity index (χ3n) is 3.10. The lowest BCUT2D eigenvalue weighted by Crippen LogP contribution is -2.14. The first-order valence-corrected chi connectivity index (χ1v) is 8.99. The first-order chi connectivity index (χ1) is 11.3. The van der Waals surface area contributed by atoms with Gasteiger partial charge in [0.15, 0.2) is 0 Å². The number of hydrogen-bond donors (Lipinski definition) is 1. The summed E-state index contributed by atoms with van der Waals surface area (Å²) in [7, 11) is -3.55. The standard InChI is InChI=1S/C16H16FN3O3S.CH4/c1-3-14-13(5-4-10-21)15(11-6-8-12(17)9-7-11)19-16(18-14)20-24(2,22)23;/h4-10H,3H2,1-2H3,(H,18,19,20);1H4/b5-4+;. The number of carbonyl (C=O) groups is 1. The van der Waals surface area contributed by atoms with Crippen molar-refractivity contribution in [2.45, 2.75) is 20.8 Å². The molecule has 0 radical (unpaired) electrons. The second kappa shape index (κ2) is 8.48. The van der Waals surface area contributed by atoms with E-state index in [-0.39, 0.29) is 13.4 Å². The summed E-state index contributed by atoms with van der Waals surface area (Å²) in [4.78, 5) is 19.1. The van der Waals surface area contributed by atoms with Gasteiger partial charge in [0, 0.05) is 11.1 Å². The predicted octanol–water partition coefficient (Wildman–Crippen LogP) is 3.06. The number of carbonyl (C=O) groups excluding carboxylic acids is 1. The van der Waals surface area contributed by atoms with Crippen molar-refractivity contribution < 1.29 is 17.6 Å². The molecule has 0 amide bonds. The van der Waals surface area contributed by atoms with Crippen LogP contribution in [0.3, 0.4) is 0 Å². The number of aldehydes is 1. The number of sulfonamides is 1. The summed E-state index contributed by atoms with van der Waals surface area (Å²) in [5.74, 6) is -0.472. The number of nitrogens with one attached hydrogen (secondary N) is 1. The average Bonchev–Trinajstić information content (AvgIpc) is 2.52. The molecule has 1 aromatic carbocycles. The minimum absolute atomic E-state index is 0. The zero-order valence-electron chi connectivity index (χ0n) is 13.2. The van der Waals surface area contributed by atoms with Gasteiger partial charge in [0.2, 0.25) is 16.0 Å². The molecular weight excluding hydrogens is 345 g/mol. The van der Waals surface area contributed by atoms with Crippen LogP contribution in [0.25, 0.3) is 17.3 Å². The third kappa shape index (κ3) is 5.46. The van der Waals surface area contributed by atoms with Gasteiger partial charge in [-0.15, -0.1) is 0 Å². The topological polar surface area (TPSA) is 89.0 Å². The summed E-state index contributed by atoms with van der Waals surface area (Å²) < 4.78 is 38.3. The van der Waals surface area contributed by atoms with Crippen LogP contribution in [-0.4, -0.2) is 30.9 Å². The predicted molar refractivity (Wildman–Crippen MR) is 97.1 cm³/mol. The minimum atomic E-state index is -3.55. The summed E-state index contributed by atoms with van der Waals surface area (Å²) in [6.07, 6.45) is 4.97. The molecule has 1 N–H and O–H groups in total. The molecule has 0 aliphatic carbocycles. The quantitative estimate of drug-likeness (QED) is 0.628. The second-order valence-electron chi connectivity index (χ2n) is 4.99. The molecule has 0 spiro atoms. The smallest absolute Gasteiger partial charge is 0.237 e. The summed E-state index contributed by atoms with van der Waals surface area (Å²) in [5, 5.41) is 0. The lowest BCUT2D eigenvalue weighted by molar-refractivity contribution is -0.104. The summed E-state index contributed by atoms with van der Waals surface area (Å²) in [6, 6.07) is 5.61. The van der Waals surface area contributed by atoms with Gasteiger partial charge in [-0.1, -0.05) is 14.4 Å². The number of aromatic nitrogens is 2. The number of hydrogen-bond acceptors (Lipinski definition) is 5. The van der Waals surface area contributed by atoms with Crippen molar-refractivity contribution in [2.24, 2.45) is 0 Å². The third-order valence-corrected chi connectivity index (χ3v) is 3.65. The molecule has 0 unspecified atom stereocenters. The van der Waals surface area contributed by atoms with Crippen LogP contribution in [0, 0.1) is 5.82 Å². The van der Waals surface area contributed by atoms with Crippen LogP contribution in [0.5, 0.6) is 0 Å². The molecule has 1 heterocycles. The van der Waals surface area contributed by atoms with E-state index in [1.54, 1.807) is 6.08 Å². The van der Waals surface area contributed by atoms with E-state index < -0.39 is 15.8 Å². The van der Waals surface area contributed by atoms with Gasteiger partial charge in [-0.05, 0) is 42.8 Å². The summed E-state index contributed by atoms with van der Waals surface area (Å²) in [5.41, 5.74) is 2.13. The van der Waals surface area contributed by atoms with Gasteiger partial charge in [0.05, 0.1) is 17.6 Å². The highest BCUT2D eigenvalue weighted by Gasteiger charge is 2.15. The number of aryl methyl sites for hydroxylation is 1. The van der Waals surface area contributed by atoms with Gasteiger partial charge >= 0.3 is 0 Å². The van der Waals surface area contributed by atoms with Crippen LogP contribution >= 0.6 is 0 Å². The van der Waals surface area contributed by atoms with Crippen LogP contribution in [0.4, 0.5) is 10.3 Å². The van der Waals surface area contributed by atoms with Crippen molar-refractivity contribution in [1.82, 2.24) is 9.97 Å². The Bertz CT molecular complexity index is 879. The molecule has 0 saturated heterocycles. The van der Waals surface area contributed by atoms with Gasteiger partial charge < -0.3 is 0 Å². The van der Waals surface area contributed by atoms with Crippen molar-refractivity contribution in [3.8, 4) is 11.3 Å². The van der Waals surface area contributed by atoms with Gasteiger partial charge in [0.1, 0.15) is 12.1 Å². The summed E-state index contributed by atoms with van der Waals surface area (Å²) >= 11 is 0. The van der Waals surface area contributed by atoms with Crippen LogP contribution in [-0.2, 0) is 21.2 Å². The van der Waals surface area contributed by atoms with Gasteiger partial charge in [-0.25, -0.2) is 22.8 Å². The molecule has 0 aliphatic rings. The van der Waals surface area contributed by atoms with E-state index >= 15 is 0 Å². The number of allylic oxidation sites excluding steroid dienone is 1. The van der Waals surface area contributed by atoms with E-state index in [9.17, 15) is 17.6 Å². The van der Waals surface area contributed by atoms with Crippen molar-refractivity contribution in [2.75, 3.05) is 11.0 Å². The normalized spacial score (nSPS) is 11.2. The lowest BCUT2D eigenvalue weighted by Gasteiger charge is -2.13. The maximum Gasteiger partial charge on any atom is 0.237 e.